The van der Waals surface area contributed by atoms with Crippen LogP contribution in [0.5, 0.6) is 11.5 Å². The number of carbonyl (C=O) groups excluding carboxylic acids is 3. The number of methoxy groups -OCH3 is 3. The number of carbonyl (C=O) groups is 3. The number of nitrogens with zero attached hydrogens (tertiary/aromatic N) is 1. The molecule has 0 unspecified atom stereocenters. The number of rotatable bonds is 3. The summed E-state index contributed by atoms with van der Waals surface area (Å²) in [6.07, 6.45) is 0.159. The van der Waals surface area contributed by atoms with Gasteiger partial charge >= 0.3 is 12.1 Å². The van der Waals surface area contributed by atoms with Gasteiger partial charge in [-0.3, -0.25) is 4.79 Å². The van der Waals surface area contributed by atoms with Gasteiger partial charge in [-0.2, -0.15) is 0 Å². The summed E-state index contributed by atoms with van der Waals surface area (Å²) < 4.78 is 20.4. The molecule has 0 aromatic heterocycles. The lowest BCUT2D eigenvalue weighted by molar-refractivity contribution is -0.134. The first kappa shape index (κ1) is 19.3. The summed E-state index contributed by atoms with van der Waals surface area (Å²) in [6.45, 7) is 5.02. The van der Waals surface area contributed by atoms with Gasteiger partial charge in [0.2, 0.25) is 0 Å². The third kappa shape index (κ3) is 3.63. The van der Waals surface area contributed by atoms with Crippen molar-refractivity contribution < 1.29 is 33.3 Å². The maximum Gasteiger partial charge on any atom is 0.422 e. The van der Waals surface area contributed by atoms with Crippen molar-refractivity contribution in [3.63, 3.8) is 0 Å². The lowest BCUT2D eigenvalue weighted by Crippen LogP contribution is -2.36. The molecule has 1 aliphatic heterocycles. The summed E-state index contributed by atoms with van der Waals surface area (Å²) in [5.41, 5.74) is -0.252. The minimum atomic E-state index is -0.896. The summed E-state index contributed by atoms with van der Waals surface area (Å²) in [6, 6.07) is 2.97. The fourth-order valence-corrected chi connectivity index (χ4v) is 2.42. The quantitative estimate of drug-likeness (QED) is 0.602. The van der Waals surface area contributed by atoms with Gasteiger partial charge in [0.25, 0.3) is 5.91 Å². The number of hydrogen-bond acceptors (Lipinski definition) is 7. The van der Waals surface area contributed by atoms with Crippen LogP contribution in [0.1, 0.15) is 36.7 Å². The Labute approximate surface area is 151 Å². The lowest BCUT2D eigenvalue weighted by Gasteiger charge is -2.24. The van der Waals surface area contributed by atoms with Crippen molar-refractivity contribution in [2.45, 2.75) is 26.4 Å². The maximum atomic E-state index is 12.8. The second-order valence-electron chi connectivity index (χ2n) is 6.43. The van der Waals surface area contributed by atoms with E-state index in [0.29, 0.717) is 17.1 Å². The van der Waals surface area contributed by atoms with Crippen molar-refractivity contribution >= 4 is 23.7 Å². The Kier molecular flexibility index (Phi) is 5.25. The number of esters is 1. The average Bonchev–Trinajstić information content (AvgIpc) is 2.83. The van der Waals surface area contributed by atoms with Crippen LogP contribution < -0.4 is 9.47 Å². The SMILES string of the molecule is COC(=O)/C=C1\c2cc(OC)c(OC)cc2C(=O)N1C(=O)OC(C)(C)C. The van der Waals surface area contributed by atoms with Crippen LogP contribution >= 0.6 is 0 Å². The Bertz CT molecular complexity index is 789. The summed E-state index contributed by atoms with van der Waals surface area (Å²) in [4.78, 5) is 37.9. The monoisotopic (exact) mass is 363 g/mol. The minimum absolute atomic E-state index is 0.0482. The molecule has 140 valence electrons. The Balaban J connectivity index is 2.63. The lowest BCUT2D eigenvalue weighted by atomic mass is 10.1. The van der Waals surface area contributed by atoms with Crippen LogP contribution in [0.4, 0.5) is 4.79 Å². The van der Waals surface area contributed by atoms with Crippen LogP contribution in [0.15, 0.2) is 18.2 Å². The highest BCUT2D eigenvalue weighted by atomic mass is 16.6. The van der Waals surface area contributed by atoms with Gasteiger partial charge in [-0.1, -0.05) is 0 Å². The molecule has 0 aliphatic carbocycles. The van der Waals surface area contributed by atoms with E-state index in [0.717, 1.165) is 11.0 Å². The molecule has 0 N–H and O–H groups in total. The molecular formula is C18H21NO7. The number of imide groups is 1. The fraction of sp³-hybridized carbons (Fsp3) is 0.389. The molecular weight excluding hydrogens is 342 g/mol. The van der Waals surface area contributed by atoms with E-state index in [1.807, 2.05) is 0 Å². The summed E-state index contributed by atoms with van der Waals surface area (Å²) in [5.74, 6) is -0.682. The molecule has 0 radical (unpaired) electrons. The molecule has 1 heterocycles. The van der Waals surface area contributed by atoms with Crippen LogP contribution in [0.25, 0.3) is 5.70 Å². The minimum Gasteiger partial charge on any atom is -0.493 e. The van der Waals surface area contributed by atoms with Crippen LogP contribution in [-0.2, 0) is 14.3 Å². The van der Waals surface area contributed by atoms with Crippen LogP contribution in [0.2, 0.25) is 0 Å². The second kappa shape index (κ2) is 7.07. The van der Waals surface area contributed by atoms with E-state index in [2.05, 4.69) is 4.74 Å². The molecule has 8 heteroatoms. The normalized spacial score (nSPS) is 14.9. The maximum absolute atomic E-state index is 12.8. The molecule has 0 fully saturated rings. The van der Waals surface area contributed by atoms with E-state index in [4.69, 9.17) is 14.2 Å². The third-order valence-electron chi connectivity index (χ3n) is 3.51. The molecule has 26 heavy (non-hydrogen) atoms. The van der Waals surface area contributed by atoms with E-state index in [-0.39, 0.29) is 11.3 Å². The third-order valence-corrected chi connectivity index (χ3v) is 3.51. The number of ether oxygens (including phenoxy) is 4. The second-order valence-corrected chi connectivity index (χ2v) is 6.43. The van der Waals surface area contributed by atoms with E-state index in [1.54, 1.807) is 20.8 Å². The van der Waals surface area contributed by atoms with Crippen molar-refractivity contribution in [1.29, 1.82) is 0 Å². The molecule has 0 saturated carbocycles. The fourth-order valence-electron chi connectivity index (χ4n) is 2.42. The van der Waals surface area contributed by atoms with E-state index < -0.39 is 23.6 Å². The van der Waals surface area contributed by atoms with E-state index in [1.165, 1.54) is 33.5 Å². The first-order chi connectivity index (χ1) is 12.1. The predicted molar refractivity (Wildman–Crippen MR) is 91.9 cm³/mol. The van der Waals surface area contributed by atoms with E-state index in [9.17, 15) is 14.4 Å². The van der Waals surface area contributed by atoms with Crippen molar-refractivity contribution in [3.8, 4) is 11.5 Å². The smallest absolute Gasteiger partial charge is 0.422 e. The molecule has 0 atom stereocenters. The zero-order chi connectivity index (χ0) is 19.6. The van der Waals surface area contributed by atoms with Gasteiger partial charge in [-0.15, -0.1) is 0 Å². The number of amides is 2. The van der Waals surface area contributed by atoms with Gasteiger partial charge in [0, 0.05) is 11.6 Å². The molecule has 0 spiro atoms. The molecule has 1 aromatic rings. The molecule has 1 aliphatic rings. The van der Waals surface area contributed by atoms with Gasteiger partial charge in [0.1, 0.15) is 5.60 Å². The molecule has 8 nitrogen and oxygen atoms in total. The zero-order valence-corrected chi connectivity index (χ0v) is 15.5. The molecule has 1 aromatic carbocycles. The van der Waals surface area contributed by atoms with Gasteiger partial charge in [-0.05, 0) is 32.9 Å². The highest BCUT2D eigenvalue weighted by molar-refractivity contribution is 6.19. The van der Waals surface area contributed by atoms with Crippen LogP contribution in [0, 0.1) is 0 Å². The Hall–Kier alpha value is -3.03. The highest BCUT2D eigenvalue weighted by Gasteiger charge is 2.40. The first-order valence-corrected chi connectivity index (χ1v) is 7.76. The van der Waals surface area contributed by atoms with Gasteiger partial charge in [0.05, 0.1) is 32.6 Å². The molecule has 2 amide bonds. The largest absolute Gasteiger partial charge is 0.493 e. The van der Waals surface area contributed by atoms with Crippen molar-refractivity contribution in [2.24, 2.45) is 0 Å². The Morgan fingerprint density at radius 3 is 2.00 bits per heavy atom. The van der Waals surface area contributed by atoms with Crippen LogP contribution in [-0.4, -0.2) is 49.8 Å². The standard InChI is InChI=1S/C18H21NO7/c1-18(2,3)26-17(22)19-12(9-15(20)25-6)10-7-13(23-4)14(24-5)8-11(10)16(19)21/h7-9H,1-6H3/b12-9+. The van der Waals surface area contributed by atoms with Gasteiger partial charge < -0.3 is 18.9 Å². The van der Waals surface area contributed by atoms with Gasteiger partial charge in [-0.25, -0.2) is 14.5 Å². The van der Waals surface area contributed by atoms with Crippen LogP contribution in [0.3, 0.4) is 0 Å². The summed E-state index contributed by atoms with van der Waals surface area (Å²) in [5, 5.41) is 0. The molecule has 0 bridgehead atoms. The Morgan fingerprint density at radius 1 is 1.00 bits per heavy atom. The number of benzene rings is 1. The molecule has 0 saturated heterocycles. The average molecular weight is 363 g/mol. The Morgan fingerprint density at radius 2 is 1.54 bits per heavy atom. The van der Waals surface area contributed by atoms with Crippen molar-refractivity contribution in [2.75, 3.05) is 21.3 Å². The predicted octanol–water partition coefficient (Wildman–Crippen LogP) is 2.61. The van der Waals surface area contributed by atoms with Crippen molar-refractivity contribution in [1.82, 2.24) is 4.90 Å². The number of hydrogen-bond donors (Lipinski definition) is 0. The zero-order valence-electron chi connectivity index (χ0n) is 15.5. The number of fused-ring (bicyclic) bond motifs is 1. The summed E-state index contributed by atoms with van der Waals surface area (Å²) >= 11 is 0. The first-order valence-electron chi connectivity index (χ1n) is 7.76. The molecule has 2 rings (SSSR count). The summed E-state index contributed by atoms with van der Waals surface area (Å²) in [7, 11) is 4.07. The topological polar surface area (TPSA) is 91.4 Å². The van der Waals surface area contributed by atoms with Gasteiger partial charge in [0.15, 0.2) is 11.5 Å². The van der Waals surface area contributed by atoms with E-state index >= 15 is 0 Å². The van der Waals surface area contributed by atoms with Crippen molar-refractivity contribution in [3.05, 3.63) is 29.3 Å². The highest BCUT2D eigenvalue weighted by Crippen LogP contribution is 2.40.